The lowest BCUT2D eigenvalue weighted by Crippen LogP contribution is -2.13. The molecule has 0 atom stereocenters. The molecule has 102 valence electrons. The van der Waals surface area contributed by atoms with Gasteiger partial charge in [0, 0.05) is 25.2 Å². The number of aromatic nitrogens is 2. The smallest absolute Gasteiger partial charge is 0.149 e. The molecule has 0 aliphatic heterocycles. The molecule has 2 rings (SSSR count). The predicted octanol–water partition coefficient (Wildman–Crippen LogP) is 1.24. The van der Waals surface area contributed by atoms with E-state index in [0.717, 1.165) is 16.1 Å². The molecule has 0 bridgehead atoms. The predicted molar refractivity (Wildman–Crippen MR) is 78.0 cm³/mol. The van der Waals surface area contributed by atoms with E-state index in [2.05, 4.69) is 14.7 Å². The van der Waals surface area contributed by atoms with Gasteiger partial charge >= 0.3 is 0 Å². The van der Waals surface area contributed by atoms with Crippen molar-refractivity contribution in [3.05, 3.63) is 24.5 Å². The van der Waals surface area contributed by atoms with E-state index in [1.54, 1.807) is 12.4 Å². The first-order chi connectivity index (χ1) is 8.97. The fourth-order valence-electron chi connectivity index (χ4n) is 1.57. The zero-order valence-corrected chi connectivity index (χ0v) is 12.0. The molecule has 2 aromatic rings. The van der Waals surface area contributed by atoms with Crippen LogP contribution >= 0.6 is 11.5 Å². The summed E-state index contributed by atoms with van der Waals surface area (Å²) in [4.78, 5) is 3.95. The first-order valence-electron chi connectivity index (χ1n) is 5.54. The quantitative estimate of drug-likeness (QED) is 0.862. The summed E-state index contributed by atoms with van der Waals surface area (Å²) in [5, 5.41) is 3.84. The second kappa shape index (κ2) is 5.54. The summed E-state index contributed by atoms with van der Waals surface area (Å²) in [6.45, 7) is 0.332. The lowest BCUT2D eigenvalue weighted by atomic mass is 10.1. The summed E-state index contributed by atoms with van der Waals surface area (Å²) >= 11 is 1.22. The Hall–Kier alpha value is -1.67. The third-order valence-electron chi connectivity index (χ3n) is 2.45. The summed E-state index contributed by atoms with van der Waals surface area (Å²) in [6.07, 6.45) is 4.55. The normalized spacial score (nSPS) is 11.4. The molecule has 0 aliphatic rings. The summed E-state index contributed by atoms with van der Waals surface area (Å²) in [5.41, 5.74) is 7.55. The van der Waals surface area contributed by atoms with Gasteiger partial charge in [-0.2, -0.15) is 4.37 Å². The van der Waals surface area contributed by atoms with Crippen molar-refractivity contribution in [3.63, 3.8) is 0 Å². The van der Waals surface area contributed by atoms with E-state index in [9.17, 15) is 8.42 Å². The fourth-order valence-corrected chi connectivity index (χ4v) is 2.80. The van der Waals surface area contributed by atoms with Gasteiger partial charge in [-0.1, -0.05) is 0 Å². The second-order valence-corrected chi connectivity index (χ2v) is 7.10. The van der Waals surface area contributed by atoms with Gasteiger partial charge in [0.05, 0.1) is 11.3 Å². The minimum Gasteiger partial charge on any atom is -0.382 e. The van der Waals surface area contributed by atoms with E-state index in [0.29, 0.717) is 12.4 Å². The third-order valence-corrected chi connectivity index (χ3v) is 4.21. The molecular formula is C11H14N4O2S2. The van der Waals surface area contributed by atoms with Crippen LogP contribution in [0.2, 0.25) is 0 Å². The molecule has 3 N–H and O–H groups in total. The molecule has 8 heteroatoms. The monoisotopic (exact) mass is 298 g/mol. The topological polar surface area (TPSA) is 98.0 Å². The molecule has 2 aromatic heterocycles. The van der Waals surface area contributed by atoms with Crippen molar-refractivity contribution < 1.29 is 8.42 Å². The second-order valence-electron chi connectivity index (χ2n) is 4.06. The number of nitrogens with two attached hydrogens (primary N) is 1. The van der Waals surface area contributed by atoms with E-state index in [1.165, 1.54) is 17.8 Å². The Morgan fingerprint density at radius 3 is 2.68 bits per heavy atom. The zero-order chi connectivity index (χ0) is 13.9. The Morgan fingerprint density at radius 2 is 2.05 bits per heavy atom. The fraction of sp³-hybridized carbons (Fsp3) is 0.273. The van der Waals surface area contributed by atoms with Crippen molar-refractivity contribution in [2.24, 2.45) is 0 Å². The van der Waals surface area contributed by atoms with Crippen LogP contribution in [0.15, 0.2) is 24.5 Å². The maximum atomic E-state index is 11.1. The van der Waals surface area contributed by atoms with Crippen molar-refractivity contribution in [3.8, 4) is 11.1 Å². The van der Waals surface area contributed by atoms with Gasteiger partial charge in [-0.05, 0) is 29.2 Å². The van der Waals surface area contributed by atoms with Crippen molar-refractivity contribution in [2.45, 2.75) is 0 Å². The largest absolute Gasteiger partial charge is 0.382 e. The summed E-state index contributed by atoms with van der Waals surface area (Å²) in [6, 6.07) is 3.67. The summed E-state index contributed by atoms with van der Waals surface area (Å²) in [5.74, 6) is 0.499. The van der Waals surface area contributed by atoms with Gasteiger partial charge < -0.3 is 11.1 Å². The molecule has 19 heavy (non-hydrogen) atoms. The standard InChI is InChI=1S/C11H14N4O2S2/c1-19(16,17)7-6-14-11-9(10(12)15-18-11)8-2-4-13-5-3-8/h2-5,14H,6-7H2,1H3,(H2,12,15). The lowest BCUT2D eigenvalue weighted by Gasteiger charge is -2.06. The number of nitrogen functional groups attached to an aromatic ring is 1. The first kappa shape index (κ1) is 13.8. The Kier molecular flexibility index (Phi) is 4.01. The van der Waals surface area contributed by atoms with E-state index in [-0.39, 0.29) is 5.75 Å². The van der Waals surface area contributed by atoms with E-state index >= 15 is 0 Å². The number of hydrogen-bond acceptors (Lipinski definition) is 7. The van der Waals surface area contributed by atoms with Crippen molar-refractivity contribution in [2.75, 3.05) is 29.6 Å². The van der Waals surface area contributed by atoms with E-state index in [1.807, 2.05) is 12.1 Å². The van der Waals surface area contributed by atoms with Crippen molar-refractivity contribution >= 4 is 32.2 Å². The molecule has 0 radical (unpaired) electrons. The summed E-state index contributed by atoms with van der Waals surface area (Å²) in [7, 11) is -2.98. The molecule has 0 saturated carbocycles. The van der Waals surface area contributed by atoms with Gasteiger partial charge in [-0.15, -0.1) is 0 Å². The number of nitrogens with zero attached hydrogens (tertiary/aromatic N) is 2. The highest BCUT2D eigenvalue weighted by molar-refractivity contribution is 7.90. The minimum absolute atomic E-state index is 0.0700. The van der Waals surface area contributed by atoms with Crippen LogP contribution in [0, 0.1) is 0 Å². The van der Waals surface area contributed by atoms with Crippen LogP contribution in [0.1, 0.15) is 0 Å². The van der Waals surface area contributed by atoms with Crippen LogP contribution in [0.25, 0.3) is 11.1 Å². The highest BCUT2D eigenvalue weighted by Gasteiger charge is 2.13. The average Bonchev–Trinajstić information content (AvgIpc) is 2.70. The lowest BCUT2D eigenvalue weighted by molar-refractivity contribution is 0.602. The van der Waals surface area contributed by atoms with E-state index in [4.69, 9.17) is 5.73 Å². The molecule has 0 aliphatic carbocycles. The van der Waals surface area contributed by atoms with Crippen LogP contribution in [-0.2, 0) is 9.84 Å². The van der Waals surface area contributed by atoms with E-state index < -0.39 is 9.84 Å². The molecule has 0 spiro atoms. The Balaban J connectivity index is 2.19. The van der Waals surface area contributed by atoms with Gasteiger partial charge in [0.25, 0.3) is 0 Å². The Bertz CT molecular complexity index is 653. The molecule has 0 amide bonds. The number of rotatable bonds is 5. The number of anilines is 2. The van der Waals surface area contributed by atoms with Gasteiger partial charge in [0.2, 0.25) is 0 Å². The molecule has 0 unspecified atom stereocenters. The van der Waals surface area contributed by atoms with Crippen LogP contribution in [-0.4, -0.2) is 36.3 Å². The maximum absolute atomic E-state index is 11.1. The van der Waals surface area contributed by atoms with Crippen molar-refractivity contribution in [1.29, 1.82) is 0 Å². The molecule has 2 heterocycles. The van der Waals surface area contributed by atoms with Crippen molar-refractivity contribution in [1.82, 2.24) is 9.36 Å². The van der Waals surface area contributed by atoms with Crippen LogP contribution in [0.5, 0.6) is 0 Å². The molecule has 0 fully saturated rings. The highest BCUT2D eigenvalue weighted by Crippen LogP contribution is 2.36. The molecule has 0 saturated heterocycles. The van der Waals surface area contributed by atoms with Crippen LogP contribution in [0.4, 0.5) is 10.8 Å². The SMILES string of the molecule is CS(=O)(=O)CCNc1snc(N)c1-c1ccncc1. The van der Waals surface area contributed by atoms with Gasteiger partial charge in [0.1, 0.15) is 20.7 Å². The highest BCUT2D eigenvalue weighted by atomic mass is 32.2. The van der Waals surface area contributed by atoms with Gasteiger partial charge in [0.15, 0.2) is 0 Å². The molecule has 0 aromatic carbocycles. The Morgan fingerprint density at radius 1 is 1.37 bits per heavy atom. The number of pyridine rings is 1. The molecule has 6 nitrogen and oxygen atoms in total. The number of nitrogens with one attached hydrogen (secondary N) is 1. The average molecular weight is 298 g/mol. The van der Waals surface area contributed by atoms with Gasteiger partial charge in [-0.3, -0.25) is 4.98 Å². The van der Waals surface area contributed by atoms with Crippen LogP contribution in [0.3, 0.4) is 0 Å². The first-order valence-corrected chi connectivity index (χ1v) is 8.38. The zero-order valence-electron chi connectivity index (χ0n) is 10.3. The Labute approximate surface area is 115 Å². The minimum atomic E-state index is -2.98. The van der Waals surface area contributed by atoms with Crippen LogP contribution < -0.4 is 11.1 Å². The number of sulfone groups is 1. The third kappa shape index (κ3) is 3.65. The summed E-state index contributed by atoms with van der Waals surface area (Å²) < 4.78 is 26.3. The molecular weight excluding hydrogens is 284 g/mol. The maximum Gasteiger partial charge on any atom is 0.149 e. The number of hydrogen-bond donors (Lipinski definition) is 2. The van der Waals surface area contributed by atoms with Gasteiger partial charge in [-0.25, -0.2) is 8.42 Å².